The van der Waals surface area contributed by atoms with Crippen molar-refractivity contribution in [3.63, 3.8) is 0 Å². The summed E-state index contributed by atoms with van der Waals surface area (Å²) in [6.45, 7) is 9.55. The Morgan fingerprint density at radius 3 is 2.77 bits per heavy atom. The highest BCUT2D eigenvalue weighted by molar-refractivity contribution is 7.18. The van der Waals surface area contributed by atoms with E-state index in [0.29, 0.717) is 30.6 Å². The number of fused-ring (bicyclic) bond motifs is 1. The van der Waals surface area contributed by atoms with Gasteiger partial charge in [-0.1, -0.05) is 0 Å². The Balaban J connectivity index is 0.00000243. The van der Waals surface area contributed by atoms with Crippen molar-refractivity contribution < 1.29 is 4.79 Å². The molecule has 1 aliphatic rings. The van der Waals surface area contributed by atoms with Crippen LogP contribution in [0.15, 0.2) is 4.79 Å². The van der Waals surface area contributed by atoms with Gasteiger partial charge in [0.15, 0.2) is 0 Å². The molecule has 0 aromatic carbocycles. The lowest BCUT2D eigenvalue weighted by molar-refractivity contribution is -0.121. The number of aromatic nitrogens is 2. The Labute approximate surface area is 163 Å². The molecule has 3 rings (SSSR count). The van der Waals surface area contributed by atoms with E-state index >= 15 is 0 Å². The average Bonchev–Trinajstić information content (AvgIpc) is 2.88. The number of aryl methyl sites for hydroxylation is 3. The minimum Gasteiger partial charge on any atom is -0.355 e. The third kappa shape index (κ3) is 5.03. The SMILES string of the molecule is Cc1sc2nc(CCC(=O)NCCN3CCNCC3)[nH]c(=O)c2c1C.Cl. The molecule has 144 valence electrons. The normalized spacial score (nSPS) is 15.0. The lowest BCUT2D eigenvalue weighted by atomic mass is 10.2. The predicted octanol–water partition coefficient (Wildman–Crippen LogP) is 0.977. The Bertz CT molecular complexity index is 813. The summed E-state index contributed by atoms with van der Waals surface area (Å²) in [7, 11) is 0. The summed E-state index contributed by atoms with van der Waals surface area (Å²) in [5.41, 5.74) is 0.881. The fraction of sp³-hybridized carbons (Fsp3) is 0.588. The second kappa shape index (κ2) is 9.45. The van der Waals surface area contributed by atoms with Crippen molar-refractivity contribution in [2.24, 2.45) is 0 Å². The molecule has 26 heavy (non-hydrogen) atoms. The van der Waals surface area contributed by atoms with Crippen LogP contribution in [-0.2, 0) is 11.2 Å². The largest absolute Gasteiger partial charge is 0.355 e. The topological polar surface area (TPSA) is 90.1 Å². The van der Waals surface area contributed by atoms with Gasteiger partial charge in [-0.3, -0.25) is 14.5 Å². The van der Waals surface area contributed by atoms with Gasteiger partial charge in [-0.15, -0.1) is 23.7 Å². The van der Waals surface area contributed by atoms with Crippen LogP contribution < -0.4 is 16.2 Å². The number of hydrogen-bond acceptors (Lipinski definition) is 6. The molecular formula is C17H26ClN5O2S. The molecular weight excluding hydrogens is 374 g/mol. The zero-order valence-electron chi connectivity index (χ0n) is 15.2. The number of rotatable bonds is 6. The first kappa shape index (κ1) is 20.8. The summed E-state index contributed by atoms with van der Waals surface area (Å²) in [6.07, 6.45) is 0.778. The van der Waals surface area contributed by atoms with E-state index in [4.69, 9.17) is 0 Å². The lowest BCUT2D eigenvalue weighted by Gasteiger charge is -2.27. The molecule has 2 aromatic heterocycles. The van der Waals surface area contributed by atoms with E-state index in [1.807, 2.05) is 13.8 Å². The number of amides is 1. The third-order valence-electron chi connectivity index (χ3n) is 4.64. The maximum absolute atomic E-state index is 12.2. The van der Waals surface area contributed by atoms with Crippen molar-refractivity contribution >= 4 is 39.9 Å². The van der Waals surface area contributed by atoms with E-state index in [2.05, 4.69) is 25.5 Å². The van der Waals surface area contributed by atoms with Crippen molar-refractivity contribution in [3.8, 4) is 0 Å². The summed E-state index contributed by atoms with van der Waals surface area (Å²) >= 11 is 1.53. The first-order valence-electron chi connectivity index (χ1n) is 8.73. The zero-order chi connectivity index (χ0) is 17.8. The fourth-order valence-corrected chi connectivity index (χ4v) is 4.08. The zero-order valence-corrected chi connectivity index (χ0v) is 16.8. The Morgan fingerprint density at radius 2 is 2.04 bits per heavy atom. The maximum atomic E-state index is 12.2. The number of carbonyl (C=O) groups excluding carboxylic acids is 1. The van der Waals surface area contributed by atoms with Gasteiger partial charge in [-0.2, -0.15) is 0 Å². The minimum atomic E-state index is -0.110. The average molecular weight is 400 g/mol. The van der Waals surface area contributed by atoms with E-state index in [-0.39, 0.29) is 23.9 Å². The van der Waals surface area contributed by atoms with Gasteiger partial charge >= 0.3 is 0 Å². The number of aromatic amines is 1. The van der Waals surface area contributed by atoms with E-state index in [9.17, 15) is 9.59 Å². The Kier molecular flexibility index (Phi) is 7.57. The molecule has 0 bridgehead atoms. The summed E-state index contributed by atoms with van der Waals surface area (Å²) < 4.78 is 0. The predicted molar refractivity (Wildman–Crippen MR) is 108 cm³/mol. The maximum Gasteiger partial charge on any atom is 0.259 e. The molecule has 2 aromatic rings. The van der Waals surface area contributed by atoms with E-state index in [1.165, 1.54) is 11.3 Å². The van der Waals surface area contributed by atoms with Crippen LogP contribution in [0.5, 0.6) is 0 Å². The summed E-state index contributed by atoms with van der Waals surface area (Å²) in [6, 6.07) is 0. The highest BCUT2D eigenvalue weighted by atomic mass is 35.5. The van der Waals surface area contributed by atoms with Gasteiger partial charge in [0.2, 0.25) is 5.91 Å². The molecule has 1 aliphatic heterocycles. The summed E-state index contributed by atoms with van der Waals surface area (Å²) in [4.78, 5) is 35.8. The highest BCUT2D eigenvalue weighted by Gasteiger charge is 2.13. The van der Waals surface area contributed by atoms with Crippen LogP contribution in [0.1, 0.15) is 22.7 Å². The van der Waals surface area contributed by atoms with Crippen LogP contribution in [-0.4, -0.2) is 60.0 Å². The molecule has 0 aliphatic carbocycles. The van der Waals surface area contributed by atoms with Gasteiger partial charge in [-0.25, -0.2) is 4.98 Å². The second-order valence-electron chi connectivity index (χ2n) is 6.42. The molecule has 1 amide bonds. The highest BCUT2D eigenvalue weighted by Crippen LogP contribution is 2.25. The van der Waals surface area contributed by atoms with Crippen LogP contribution in [0.3, 0.4) is 0 Å². The van der Waals surface area contributed by atoms with Crippen LogP contribution in [0.2, 0.25) is 0 Å². The van der Waals surface area contributed by atoms with E-state index in [0.717, 1.165) is 48.0 Å². The van der Waals surface area contributed by atoms with Gasteiger partial charge in [0.05, 0.1) is 5.39 Å². The van der Waals surface area contributed by atoms with Crippen LogP contribution in [0.4, 0.5) is 0 Å². The monoisotopic (exact) mass is 399 g/mol. The molecule has 3 heterocycles. The molecule has 3 N–H and O–H groups in total. The van der Waals surface area contributed by atoms with Gasteiger partial charge in [-0.05, 0) is 19.4 Å². The number of piperazine rings is 1. The van der Waals surface area contributed by atoms with Crippen LogP contribution >= 0.6 is 23.7 Å². The first-order chi connectivity index (χ1) is 12.0. The van der Waals surface area contributed by atoms with Gasteiger partial charge in [0.25, 0.3) is 5.56 Å². The Morgan fingerprint density at radius 1 is 1.31 bits per heavy atom. The molecule has 1 saturated heterocycles. The van der Waals surface area contributed by atoms with Crippen molar-refractivity contribution in [3.05, 3.63) is 26.6 Å². The molecule has 0 atom stereocenters. The van der Waals surface area contributed by atoms with Crippen molar-refractivity contribution in [2.75, 3.05) is 39.3 Å². The third-order valence-corrected chi connectivity index (χ3v) is 5.74. The van der Waals surface area contributed by atoms with E-state index < -0.39 is 0 Å². The van der Waals surface area contributed by atoms with Gasteiger partial charge in [0.1, 0.15) is 10.7 Å². The Hall–Kier alpha value is -1.48. The van der Waals surface area contributed by atoms with Crippen molar-refractivity contribution in [1.82, 2.24) is 25.5 Å². The van der Waals surface area contributed by atoms with Crippen LogP contribution in [0, 0.1) is 13.8 Å². The number of nitrogens with one attached hydrogen (secondary N) is 3. The van der Waals surface area contributed by atoms with Crippen molar-refractivity contribution in [2.45, 2.75) is 26.7 Å². The second-order valence-corrected chi connectivity index (χ2v) is 7.62. The molecule has 1 fully saturated rings. The molecule has 0 saturated carbocycles. The van der Waals surface area contributed by atoms with Gasteiger partial charge in [0, 0.05) is 57.0 Å². The number of halogens is 1. The number of nitrogens with zero attached hydrogens (tertiary/aromatic N) is 2. The van der Waals surface area contributed by atoms with E-state index in [1.54, 1.807) is 0 Å². The molecule has 0 radical (unpaired) electrons. The number of carbonyl (C=O) groups is 1. The molecule has 9 heteroatoms. The smallest absolute Gasteiger partial charge is 0.259 e. The number of hydrogen-bond donors (Lipinski definition) is 3. The summed E-state index contributed by atoms with van der Waals surface area (Å²) in [5.74, 6) is 0.576. The number of H-pyrrole nitrogens is 1. The van der Waals surface area contributed by atoms with Crippen molar-refractivity contribution in [1.29, 1.82) is 0 Å². The molecule has 0 spiro atoms. The fourth-order valence-electron chi connectivity index (χ4n) is 3.03. The van der Waals surface area contributed by atoms with Crippen LogP contribution in [0.25, 0.3) is 10.2 Å². The lowest BCUT2D eigenvalue weighted by Crippen LogP contribution is -2.46. The molecule has 0 unspecified atom stereocenters. The molecule has 7 nitrogen and oxygen atoms in total. The van der Waals surface area contributed by atoms with Gasteiger partial charge < -0.3 is 15.6 Å². The number of thiophene rings is 1. The minimum absolute atomic E-state index is 0. The first-order valence-corrected chi connectivity index (χ1v) is 9.55. The summed E-state index contributed by atoms with van der Waals surface area (Å²) in [5, 5.41) is 6.93. The standard InChI is InChI=1S/C17H25N5O2S.ClH/c1-11-12(2)25-17-15(11)16(24)20-13(21-17)3-4-14(23)19-7-10-22-8-5-18-6-9-22;/h18H,3-10H2,1-2H3,(H,19,23)(H,20,21,24);1H. The quantitative estimate of drug-likeness (QED) is 0.673.